The minimum absolute atomic E-state index is 0.0576. The zero-order valence-corrected chi connectivity index (χ0v) is 11.6. The van der Waals surface area contributed by atoms with Crippen LogP contribution >= 0.6 is 11.6 Å². The van der Waals surface area contributed by atoms with Crippen LogP contribution in [0.15, 0.2) is 0 Å². The molecule has 0 spiro atoms. The minimum atomic E-state index is 0.0576. The summed E-state index contributed by atoms with van der Waals surface area (Å²) in [6, 6.07) is 0. The number of rotatable bonds is 4. The Labute approximate surface area is 116 Å². The van der Waals surface area contributed by atoms with Gasteiger partial charge < -0.3 is 15.5 Å². The maximum atomic E-state index is 12.0. The van der Waals surface area contributed by atoms with Gasteiger partial charge >= 0.3 is 0 Å². The summed E-state index contributed by atoms with van der Waals surface area (Å²) in [5, 5.41) is 5.75. The molecule has 2 rings (SSSR count). The molecule has 0 unspecified atom stereocenters. The van der Waals surface area contributed by atoms with E-state index in [-0.39, 0.29) is 17.7 Å². The molecule has 1 aromatic rings. The monoisotopic (exact) mass is 284 g/mol. The second-order valence-corrected chi connectivity index (χ2v) is 4.63. The molecule has 2 heterocycles. The van der Waals surface area contributed by atoms with Gasteiger partial charge in [0.2, 0.25) is 23.1 Å². The Hall–Kier alpha value is -1.63. The Bertz CT molecular complexity index is 449. The third kappa shape index (κ3) is 3.92. The van der Waals surface area contributed by atoms with E-state index in [1.54, 1.807) is 7.05 Å². The number of aromatic nitrogens is 3. The minimum Gasteiger partial charge on any atom is -0.357 e. The van der Waals surface area contributed by atoms with E-state index in [1.807, 2.05) is 4.90 Å². The molecule has 0 atom stereocenters. The molecule has 1 aromatic heterocycles. The van der Waals surface area contributed by atoms with E-state index in [0.29, 0.717) is 11.9 Å². The molecular weight excluding hydrogens is 268 g/mol. The first-order valence-electron chi connectivity index (χ1n) is 6.30. The first kappa shape index (κ1) is 13.8. The number of carbonyl (C=O) groups excluding carboxylic acids is 1. The van der Waals surface area contributed by atoms with Gasteiger partial charge in [0.15, 0.2) is 0 Å². The molecule has 2 N–H and O–H groups in total. The molecule has 0 aliphatic carbocycles. The van der Waals surface area contributed by atoms with Crippen molar-refractivity contribution in [3.63, 3.8) is 0 Å². The lowest BCUT2D eigenvalue weighted by molar-refractivity contribution is -0.130. The molecule has 1 fully saturated rings. The molecule has 1 aliphatic heterocycles. The highest BCUT2D eigenvalue weighted by molar-refractivity contribution is 6.28. The van der Waals surface area contributed by atoms with E-state index in [0.717, 1.165) is 25.9 Å². The van der Waals surface area contributed by atoms with E-state index in [2.05, 4.69) is 25.6 Å². The van der Waals surface area contributed by atoms with Crippen molar-refractivity contribution in [2.24, 2.45) is 0 Å². The number of hydrogen-bond donors (Lipinski definition) is 2. The quantitative estimate of drug-likeness (QED) is 0.858. The number of nitrogens with one attached hydrogen (secondary N) is 2. The van der Waals surface area contributed by atoms with Gasteiger partial charge in [-0.05, 0) is 30.9 Å². The van der Waals surface area contributed by atoms with E-state index in [4.69, 9.17) is 11.6 Å². The van der Waals surface area contributed by atoms with Crippen LogP contribution in [0.3, 0.4) is 0 Å². The van der Waals surface area contributed by atoms with Gasteiger partial charge in [-0.15, -0.1) is 0 Å². The number of likely N-dealkylation sites (tertiary alicyclic amines) is 1. The van der Waals surface area contributed by atoms with Crippen molar-refractivity contribution < 1.29 is 4.79 Å². The Morgan fingerprint density at radius 2 is 1.89 bits per heavy atom. The van der Waals surface area contributed by atoms with Crippen molar-refractivity contribution >= 4 is 29.4 Å². The SMILES string of the molecule is CNc1nc(Cl)nc(NCC(=O)N2CCCCC2)n1. The molecule has 0 aromatic carbocycles. The largest absolute Gasteiger partial charge is 0.357 e. The van der Waals surface area contributed by atoms with Crippen LogP contribution in [0.1, 0.15) is 19.3 Å². The number of hydrogen-bond acceptors (Lipinski definition) is 6. The summed E-state index contributed by atoms with van der Waals surface area (Å²) >= 11 is 5.76. The van der Waals surface area contributed by atoms with Crippen LogP contribution in [0, 0.1) is 0 Å². The smallest absolute Gasteiger partial charge is 0.241 e. The summed E-state index contributed by atoms with van der Waals surface area (Å²) in [6.07, 6.45) is 3.35. The molecule has 1 saturated heterocycles. The summed E-state index contributed by atoms with van der Waals surface area (Å²) in [4.78, 5) is 25.7. The van der Waals surface area contributed by atoms with Crippen LogP contribution in [0.25, 0.3) is 0 Å². The third-order valence-electron chi connectivity index (χ3n) is 2.94. The van der Waals surface area contributed by atoms with Gasteiger partial charge in [0.05, 0.1) is 6.54 Å². The summed E-state index contributed by atoms with van der Waals surface area (Å²) in [5.74, 6) is 0.727. The summed E-state index contributed by atoms with van der Waals surface area (Å²) in [6.45, 7) is 1.84. The Balaban J connectivity index is 1.90. The first-order valence-corrected chi connectivity index (χ1v) is 6.68. The fraction of sp³-hybridized carbons (Fsp3) is 0.636. The summed E-state index contributed by atoms with van der Waals surface area (Å²) < 4.78 is 0. The van der Waals surface area contributed by atoms with Crippen LogP contribution in [-0.4, -0.2) is 52.4 Å². The second kappa shape index (κ2) is 6.51. The van der Waals surface area contributed by atoms with Gasteiger partial charge in [-0.1, -0.05) is 0 Å². The molecule has 0 radical (unpaired) electrons. The molecule has 0 saturated carbocycles. The lowest BCUT2D eigenvalue weighted by Crippen LogP contribution is -2.39. The molecule has 19 heavy (non-hydrogen) atoms. The third-order valence-corrected chi connectivity index (χ3v) is 3.11. The van der Waals surface area contributed by atoms with Gasteiger partial charge in [0.1, 0.15) is 0 Å². The molecule has 1 amide bonds. The first-order chi connectivity index (χ1) is 9.19. The van der Waals surface area contributed by atoms with E-state index < -0.39 is 0 Å². The van der Waals surface area contributed by atoms with E-state index in [1.165, 1.54) is 6.42 Å². The number of carbonyl (C=O) groups is 1. The van der Waals surface area contributed by atoms with E-state index >= 15 is 0 Å². The fourth-order valence-electron chi connectivity index (χ4n) is 1.95. The molecule has 0 bridgehead atoms. The highest BCUT2D eigenvalue weighted by Gasteiger charge is 2.16. The molecule has 7 nitrogen and oxygen atoms in total. The Morgan fingerprint density at radius 1 is 1.21 bits per heavy atom. The zero-order valence-electron chi connectivity index (χ0n) is 10.8. The average molecular weight is 285 g/mol. The van der Waals surface area contributed by atoms with Crippen molar-refractivity contribution in [3.05, 3.63) is 5.28 Å². The Morgan fingerprint density at radius 3 is 2.58 bits per heavy atom. The topological polar surface area (TPSA) is 83.0 Å². The molecule has 8 heteroatoms. The van der Waals surface area contributed by atoms with Crippen LogP contribution in [0.4, 0.5) is 11.9 Å². The second-order valence-electron chi connectivity index (χ2n) is 4.30. The summed E-state index contributed by atoms with van der Waals surface area (Å²) in [5.41, 5.74) is 0. The van der Waals surface area contributed by atoms with E-state index in [9.17, 15) is 4.79 Å². The van der Waals surface area contributed by atoms with Gasteiger partial charge in [0.25, 0.3) is 0 Å². The zero-order chi connectivity index (χ0) is 13.7. The van der Waals surface area contributed by atoms with Crippen molar-refractivity contribution in [2.75, 3.05) is 37.3 Å². The van der Waals surface area contributed by atoms with Crippen molar-refractivity contribution in [3.8, 4) is 0 Å². The van der Waals surface area contributed by atoms with Crippen LogP contribution < -0.4 is 10.6 Å². The maximum absolute atomic E-state index is 12.0. The molecule has 1 aliphatic rings. The van der Waals surface area contributed by atoms with Crippen molar-refractivity contribution in [1.29, 1.82) is 0 Å². The van der Waals surface area contributed by atoms with Crippen molar-refractivity contribution in [1.82, 2.24) is 19.9 Å². The number of nitrogens with zero attached hydrogens (tertiary/aromatic N) is 4. The average Bonchev–Trinajstić information content (AvgIpc) is 2.45. The Kier molecular flexibility index (Phi) is 4.73. The van der Waals surface area contributed by atoms with Crippen LogP contribution in [0.2, 0.25) is 5.28 Å². The normalized spacial score (nSPS) is 15.2. The summed E-state index contributed by atoms with van der Waals surface area (Å²) in [7, 11) is 1.69. The van der Waals surface area contributed by atoms with Gasteiger partial charge in [-0.3, -0.25) is 4.79 Å². The lowest BCUT2D eigenvalue weighted by atomic mass is 10.1. The number of piperidine rings is 1. The maximum Gasteiger partial charge on any atom is 0.241 e. The van der Waals surface area contributed by atoms with Crippen LogP contribution in [-0.2, 0) is 4.79 Å². The molecular formula is C11H17ClN6O. The number of halogens is 1. The van der Waals surface area contributed by atoms with Gasteiger partial charge in [-0.25, -0.2) is 0 Å². The lowest BCUT2D eigenvalue weighted by Gasteiger charge is -2.26. The van der Waals surface area contributed by atoms with Crippen LogP contribution in [0.5, 0.6) is 0 Å². The molecule has 104 valence electrons. The standard InChI is InChI=1S/C11H17ClN6O/c1-13-10-15-9(12)16-11(17-10)14-7-8(19)18-5-3-2-4-6-18/h2-7H2,1H3,(H2,13,14,15,16,17). The highest BCUT2D eigenvalue weighted by Crippen LogP contribution is 2.10. The predicted molar refractivity (Wildman–Crippen MR) is 73.3 cm³/mol. The van der Waals surface area contributed by atoms with Gasteiger partial charge in [-0.2, -0.15) is 15.0 Å². The number of anilines is 2. The highest BCUT2D eigenvalue weighted by atomic mass is 35.5. The van der Waals surface area contributed by atoms with Gasteiger partial charge in [0, 0.05) is 20.1 Å². The van der Waals surface area contributed by atoms with Crippen molar-refractivity contribution in [2.45, 2.75) is 19.3 Å². The predicted octanol–water partition coefficient (Wildman–Crippen LogP) is 0.991. The number of amides is 1. The fourth-order valence-corrected chi connectivity index (χ4v) is 2.11.